The zero-order valence-electron chi connectivity index (χ0n) is 17.5. The summed E-state index contributed by atoms with van der Waals surface area (Å²) in [6.07, 6.45) is 2.13. The van der Waals surface area contributed by atoms with Gasteiger partial charge in [0.15, 0.2) is 0 Å². The molecule has 12 heteroatoms. The molecule has 1 saturated carbocycles. The van der Waals surface area contributed by atoms with Crippen LogP contribution >= 0.6 is 22.9 Å². The van der Waals surface area contributed by atoms with Gasteiger partial charge < -0.3 is 5.32 Å². The molecule has 0 aromatic carbocycles. The Labute approximate surface area is 195 Å². The molecule has 33 heavy (non-hydrogen) atoms. The monoisotopic (exact) mass is 495 g/mol. The molecular weight excluding hydrogens is 476 g/mol. The van der Waals surface area contributed by atoms with Crippen molar-refractivity contribution in [3.8, 4) is 5.69 Å². The summed E-state index contributed by atoms with van der Waals surface area (Å²) in [5.74, 6) is -3.27. The zero-order chi connectivity index (χ0) is 23.8. The molecule has 8 nitrogen and oxygen atoms in total. The van der Waals surface area contributed by atoms with E-state index in [0.29, 0.717) is 0 Å². The lowest BCUT2D eigenvalue weighted by Gasteiger charge is -2.39. The average molecular weight is 496 g/mol. The molecule has 0 spiro atoms. The third kappa shape index (κ3) is 4.88. The van der Waals surface area contributed by atoms with E-state index in [1.165, 1.54) is 23.6 Å². The van der Waals surface area contributed by atoms with Crippen molar-refractivity contribution in [2.75, 3.05) is 6.54 Å². The molecule has 1 amide bonds. The fourth-order valence-corrected chi connectivity index (χ4v) is 5.22. The van der Waals surface area contributed by atoms with Crippen molar-refractivity contribution in [2.24, 2.45) is 0 Å². The molecule has 3 aromatic rings. The number of pyridine rings is 1. The number of carbonyl (C=O) groups excluding carboxylic acids is 1. The van der Waals surface area contributed by atoms with E-state index in [-0.39, 0.29) is 48.6 Å². The van der Waals surface area contributed by atoms with Gasteiger partial charge in [-0.2, -0.15) is 9.78 Å². The van der Waals surface area contributed by atoms with Gasteiger partial charge in [-0.1, -0.05) is 11.6 Å². The summed E-state index contributed by atoms with van der Waals surface area (Å²) in [4.78, 5) is 44.3. The number of hydrogen-bond acceptors (Lipinski definition) is 6. The lowest BCUT2D eigenvalue weighted by atomic mass is 9.71. The maximum atomic E-state index is 13.9. The van der Waals surface area contributed by atoms with Crippen LogP contribution < -0.4 is 16.6 Å². The summed E-state index contributed by atoms with van der Waals surface area (Å²) in [5, 5.41) is 6.47. The molecule has 0 saturated heterocycles. The third-order valence-corrected chi connectivity index (χ3v) is 7.36. The van der Waals surface area contributed by atoms with Crippen LogP contribution in [0.4, 0.5) is 8.78 Å². The summed E-state index contributed by atoms with van der Waals surface area (Å²) in [6.45, 7) is 2.10. The molecule has 0 atom stereocenters. The van der Waals surface area contributed by atoms with Gasteiger partial charge in [-0.25, -0.2) is 18.6 Å². The first-order chi connectivity index (χ1) is 15.6. The minimum atomic E-state index is -2.71. The number of halogens is 3. The van der Waals surface area contributed by atoms with Gasteiger partial charge >= 0.3 is 5.69 Å². The zero-order valence-corrected chi connectivity index (χ0v) is 19.1. The number of aromatic amines is 1. The van der Waals surface area contributed by atoms with Gasteiger partial charge in [0.25, 0.3) is 11.5 Å². The van der Waals surface area contributed by atoms with Gasteiger partial charge in [0.05, 0.1) is 17.4 Å². The number of aromatic nitrogens is 4. The molecule has 0 aliphatic heterocycles. The van der Waals surface area contributed by atoms with Crippen molar-refractivity contribution >= 4 is 28.8 Å². The van der Waals surface area contributed by atoms with Crippen molar-refractivity contribution in [3.63, 3.8) is 0 Å². The normalized spacial score (nSPS) is 17.0. The first kappa shape index (κ1) is 23.2. The lowest BCUT2D eigenvalue weighted by molar-refractivity contribution is -0.0511. The van der Waals surface area contributed by atoms with Crippen LogP contribution in [0.1, 0.15) is 45.8 Å². The number of nitrogens with zero attached hydrogens (tertiary/aromatic N) is 3. The van der Waals surface area contributed by atoms with Gasteiger partial charge in [0, 0.05) is 34.6 Å². The third-order valence-electron chi connectivity index (χ3n) is 5.82. The van der Waals surface area contributed by atoms with E-state index in [9.17, 15) is 23.2 Å². The number of carbonyl (C=O) groups is 1. The molecule has 1 aliphatic rings. The Balaban J connectivity index is 1.59. The summed E-state index contributed by atoms with van der Waals surface area (Å²) in [5.41, 5.74) is -1.94. The van der Waals surface area contributed by atoms with E-state index >= 15 is 0 Å². The highest BCUT2D eigenvalue weighted by atomic mass is 35.5. The Bertz CT molecular complexity index is 1310. The molecule has 3 aromatic heterocycles. The SMILES string of the molecule is Cc1ccc(C2(CNC(=O)c3cc(-n4ncc(=O)[nH]c4=O)cnc3Cl)CCC(F)(F)CC2)s1. The molecule has 0 bridgehead atoms. The highest BCUT2D eigenvalue weighted by Crippen LogP contribution is 2.47. The molecule has 4 rings (SSSR count). The van der Waals surface area contributed by atoms with E-state index in [0.717, 1.165) is 20.6 Å². The van der Waals surface area contributed by atoms with Gasteiger partial charge in [0.2, 0.25) is 5.92 Å². The Hall–Kier alpha value is -2.92. The number of hydrogen-bond donors (Lipinski definition) is 2. The molecule has 0 unspecified atom stereocenters. The average Bonchev–Trinajstić information content (AvgIpc) is 3.21. The Morgan fingerprint density at radius 1 is 1.24 bits per heavy atom. The Kier molecular flexibility index (Phi) is 6.19. The summed E-state index contributed by atoms with van der Waals surface area (Å²) in [6, 6.07) is 5.20. The maximum absolute atomic E-state index is 13.9. The molecule has 1 fully saturated rings. The van der Waals surface area contributed by atoms with Crippen LogP contribution in [0, 0.1) is 6.92 Å². The van der Waals surface area contributed by atoms with Crippen LogP contribution in [-0.2, 0) is 5.41 Å². The smallest absolute Gasteiger partial charge is 0.349 e. The number of nitrogens with one attached hydrogen (secondary N) is 2. The minimum Gasteiger partial charge on any atom is -0.351 e. The number of aryl methyl sites for hydroxylation is 1. The van der Waals surface area contributed by atoms with Crippen LogP contribution in [0.25, 0.3) is 5.69 Å². The first-order valence-corrected chi connectivity index (χ1v) is 11.4. The highest BCUT2D eigenvalue weighted by Gasteiger charge is 2.45. The molecular formula is C21H20ClF2N5O3S. The van der Waals surface area contributed by atoms with Crippen molar-refractivity contribution in [1.29, 1.82) is 0 Å². The van der Waals surface area contributed by atoms with Crippen LogP contribution in [0.15, 0.2) is 40.2 Å². The Morgan fingerprint density at radius 3 is 2.61 bits per heavy atom. The van der Waals surface area contributed by atoms with Gasteiger partial charge in [-0.3, -0.25) is 14.6 Å². The van der Waals surface area contributed by atoms with Crippen molar-refractivity contribution in [1.82, 2.24) is 25.1 Å². The number of amides is 1. The van der Waals surface area contributed by atoms with Crippen LogP contribution in [0.3, 0.4) is 0 Å². The van der Waals surface area contributed by atoms with E-state index in [1.54, 1.807) is 0 Å². The lowest BCUT2D eigenvalue weighted by Crippen LogP contribution is -2.45. The largest absolute Gasteiger partial charge is 0.351 e. The fourth-order valence-electron chi connectivity index (χ4n) is 3.92. The predicted molar refractivity (Wildman–Crippen MR) is 120 cm³/mol. The van der Waals surface area contributed by atoms with Gasteiger partial charge in [-0.15, -0.1) is 11.3 Å². The topological polar surface area (TPSA) is 110 Å². The second-order valence-corrected chi connectivity index (χ2v) is 9.76. The molecule has 3 heterocycles. The van der Waals surface area contributed by atoms with E-state index in [2.05, 4.69) is 20.4 Å². The van der Waals surface area contributed by atoms with Gasteiger partial charge in [0.1, 0.15) is 11.3 Å². The fraction of sp³-hybridized carbons (Fsp3) is 0.381. The summed E-state index contributed by atoms with van der Waals surface area (Å²) >= 11 is 7.66. The van der Waals surface area contributed by atoms with Crippen molar-refractivity contribution in [2.45, 2.75) is 43.9 Å². The summed E-state index contributed by atoms with van der Waals surface area (Å²) in [7, 11) is 0. The highest BCUT2D eigenvalue weighted by molar-refractivity contribution is 7.12. The van der Waals surface area contributed by atoms with Crippen LogP contribution in [-0.4, -0.2) is 38.1 Å². The number of thiophene rings is 1. The van der Waals surface area contributed by atoms with E-state index < -0.39 is 28.5 Å². The molecule has 174 valence electrons. The molecule has 1 aliphatic carbocycles. The number of alkyl halides is 2. The van der Waals surface area contributed by atoms with Gasteiger partial charge in [-0.05, 0) is 38.0 Å². The minimum absolute atomic E-state index is 0.00674. The predicted octanol–water partition coefficient (Wildman–Crippen LogP) is 3.22. The van der Waals surface area contributed by atoms with Crippen LogP contribution in [0.2, 0.25) is 5.15 Å². The molecule has 2 N–H and O–H groups in total. The van der Waals surface area contributed by atoms with Crippen LogP contribution in [0.5, 0.6) is 0 Å². The number of rotatable bonds is 5. The number of H-pyrrole nitrogens is 1. The quantitative estimate of drug-likeness (QED) is 0.528. The van der Waals surface area contributed by atoms with Crippen molar-refractivity contribution in [3.05, 3.63) is 71.9 Å². The second-order valence-electron chi connectivity index (χ2n) is 8.11. The molecule has 0 radical (unpaired) electrons. The first-order valence-electron chi connectivity index (χ1n) is 10.2. The standard InChI is InChI=1S/C21H20ClF2N5O3S/c1-12-2-3-15(33-12)20(4-6-21(23,24)7-5-20)11-26-18(31)14-8-13(9-25-17(14)22)29-19(32)28-16(30)10-27-29/h2-3,8-10H,4-7,11H2,1H3,(H,26,31)(H,28,30,32). The summed E-state index contributed by atoms with van der Waals surface area (Å²) < 4.78 is 28.6. The van der Waals surface area contributed by atoms with E-state index in [4.69, 9.17) is 11.6 Å². The maximum Gasteiger partial charge on any atom is 0.349 e. The Morgan fingerprint density at radius 2 is 1.97 bits per heavy atom. The second kappa shape index (κ2) is 8.79. The van der Waals surface area contributed by atoms with E-state index in [1.807, 2.05) is 19.1 Å². The van der Waals surface area contributed by atoms with Crippen molar-refractivity contribution < 1.29 is 13.6 Å².